The van der Waals surface area contributed by atoms with Gasteiger partial charge < -0.3 is 10.2 Å². The van der Waals surface area contributed by atoms with E-state index in [9.17, 15) is 15.0 Å². The summed E-state index contributed by atoms with van der Waals surface area (Å²) in [6, 6.07) is 6.78. The fourth-order valence-electron chi connectivity index (χ4n) is 1.96. The first kappa shape index (κ1) is 11.6. The second-order valence-corrected chi connectivity index (χ2v) is 4.34. The molecule has 1 unspecified atom stereocenters. The highest BCUT2D eigenvalue weighted by molar-refractivity contribution is 6.10. The summed E-state index contributed by atoms with van der Waals surface area (Å²) in [4.78, 5) is 11.9. The average Bonchev–Trinajstić information content (AvgIpc) is 2.31. The van der Waals surface area contributed by atoms with Crippen LogP contribution in [0.5, 0.6) is 0 Å². The molecule has 0 aromatic heterocycles. The highest BCUT2D eigenvalue weighted by atomic mass is 16.3. The Labute approximate surface area is 99.7 Å². The highest BCUT2D eigenvalue weighted by Gasteiger charge is 2.30. The van der Waals surface area contributed by atoms with Crippen LogP contribution in [0, 0.1) is 0 Å². The molecular weight excluding hydrogens is 216 g/mol. The van der Waals surface area contributed by atoms with E-state index >= 15 is 0 Å². The summed E-state index contributed by atoms with van der Waals surface area (Å²) in [7, 11) is 0. The molecule has 2 N–H and O–H groups in total. The van der Waals surface area contributed by atoms with E-state index in [1.807, 2.05) is 13.8 Å². The number of rotatable bonds is 1. The van der Waals surface area contributed by atoms with Crippen molar-refractivity contribution in [3.8, 4) is 0 Å². The van der Waals surface area contributed by atoms with Gasteiger partial charge in [-0.05, 0) is 19.4 Å². The van der Waals surface area contributed by atoms with E-state index in [0.29, 0.717) is 11.1 Å². The lowest BCUT2D eigenvalue weighted by Crippen LogP contribution is -2.19. The van der Waals surface area contributed by atoms with Crippen LogP contribution in [0.2, 0.25) is 0 Å². The topological polar surface area (TPSA) is 57.5 Å². The molecule has 0 fully saturated rings. The maximum atomic E-state index is 11.9. The summed E-state index contributed by atoms with van der Waals surface area (Å²) in [6.45, 7) is 3.69. The van der Waals surface area contributed by atoms with E-state index < -0.39 is 11.9 Å². The second kappa shape index (κ2) is 4.18. The number of hydrogen-bond acceptors (Lipinski definition) is 3. The molecule has 1 aliphatic rings. The van der Waals surface area contributed by atoms with Gasteiger partial charge in [-0.1, -0.05) is 35.9 Å². The monoisotopic (exact) mass is 230 g/mol. The minimum atomic E-state index is -0.946. The molecule has 3 heteroatoms. The van der Waals surface area contributed by atoms with Crippen molar-refractivity contribution in [2.75, 3.05) is 0 Å². The van der Waals surface area contributed by atoms with Crippen LogP contribution in [0.15, 0.2) is 47.2 Å². The lowest BCUT2D eigenvalue weighted by Gasteiger charge is -2.22. The summed E-state index contributed by atoms with van der Waals surface area (Å²) in [5.74, 6) is -0.796. The fourth-order valence-corrected chi connectivity index (χ4v) is 1.96. The number of Topliss-reactive ketones (excluding diaryl/α,β-unsaturated/α-hetero) is 1. The minimum Gasteiger partial charge on any atom is -0.504 e. The molecule has 1 aliphatic carbocycles. The number of ketones is 1. The van der Waals surface area contributed by atoms with Crippen molar-refractivity contribution in [1.82, 2.24) is 0 Å². The van der Waals surface area contributed by atoms with Gasteiger partial charge in [-0.3, -0.25) is 4.79 Å². The highest BCUT2D eigenvalue weighted by Crippen LogP contribution is 2.34. The summed E-state index contributed by atoms with van der Waals surface area (Å²) in [5.41, 5.74) is 2.10. The normalized spacial score (nSPS) is 19.0. The summed E-state index contributed by atoms with van der Waals surface area (Å²) in [5, 5.41) is 20.0. The third kappa shape index (κ3) is 1.89. The van der Waals surface area contributed by atoms with Crippen LogP contribution in [-0.4, -0.2) is 16.0 Å². The Morgan fingerprint density at radius 3 is 2.59 bits per heavy atom. The number of fused-ring (bicyclic) bond motifs is 1. The van der Waals surface area contributed by atoms with Crippen LogP contribution in [0.4, 0.5) is 0 Å². The van der Waals surface area contributed by atoms with E-state index in [2.05, 4.69) is 0 Å². The smallest absolute Gasteiger partial charge is 0.228 e. The SMILES string of the molecule is CC(C)=CC1=C(O)C(=O)c2ccccc2C1O. The molecule has 1 aromatic rings. The molecule has 0 radical (unpaired) electrons. The third-order valence-electron chi connectivity index (χ3n) is 2.73. The van der Waals surface area contributed by atoms with Crippen LogP contribution in [0.25, 0.3) is 0 Å². The predicted octanol–water partition coefficient (Wildman–Crippen LogP) is 2.69. The van der Waals surface area contributed by atoms with E-state index in [1.54, 1.807) is 30.3 Å². The van der Waals surface area contributed by atoms with E-state index in [-0.39, 0.29) is 11.3 Å². The summed E-state index contributed by atoms with van der Waals surface area (Å²) >= 11 is 0. The third-order valence-corrected chi connectivity index (χ3v) is 2.73. The van der Waals surface area contributed by atoms with E-state index in [4.69, 9.17) is 0 Å². The molecule has 0 bridgehead atoms. The lowest BCUT2D eigenvalue weighted by atomic mass is 9.86. The molecule has 1 atom stereocenters. The summed E-state index contributed by atoms with van der Waals surface area (Å²) < 4.78 is 0. The maximum Gasteiger partial charge on any atom is 0.228 e. The molecule has 0 aliphatic heterocycles. The van der Waals surface area contributed by atoms with Gasteiger partial charge in [0.05, 0.1) is 0 Å². The number of aliphatic hydroxyl groups excluding tert-OH is 2. The van der Waals surface area contributed by atoms with Gasteiger partial charge >= 0.3 is 0 Å². The fraction of sp³-hybridized carbons (Fsp3) is 0.214. The minimum absolute atomic E-state index is 0.272. The van der Waals surface area contributed by atoms with Crippen LogP contribution < -0.4 is 0 Å². The van der Waals surface area contributed by atoms with Crippen molar-refractivity contribution < 1.29 is 15.0 Å². The van der Waals surface area contributed by atoms with Gasteiger partial charge in [0.1, 0.15) is 6.10 Å². The van der Waals surface area contributed by atoms with Crippen molar-refractivity contribution in [3.05, 3.63) is 58.4 Å². The number of carbonyl (C=O) groups is 1. The van der Waals surface area contributed by atoms with Crippen LogP contribution >= 0.6 is 0 Å². The lowest BCUT2D eigenvalue weighted by molar-refractivity contribution is 0.0948. The van der Waals surface area contributed by atoms with Crippen molar-refractivity contribution in [2.24, 2.45) is 0 Å². The Hall–Kier alpha value is -1.87. The van der Waals surface area contributed by atoms with E-state index in [1.165, 1.54) is 0 Å². The molecule has 0 spiro atoms. The van der Waals surface area contributed by atoms with Gasteiger partial charge in [0.15, 0.2) is 5.76 Å². The van der Waals surface area contributed by atoms with Crippen molar-refractivity contribution >= 4 is 5.78 Å². The number of allylic oxidation sites excluding steroid dienone is 2. The van der Waals surface area contributed by atoms with Gasteiger partial charge in [0.2, 0.25) is 5.78 Å². The van der Waals surface area contributed by atoms with Gasteiger partial charge in [-0.15, -0.1) is 0 Å². The van der Waals surface area contributed by atoms with Gasteiger partial charge in [-0.25, -0.2) is 0 Å². The summed E-state index contributed by atoms with van der Waals surface area (Å²) in [6.07, 6.45) is 0.687. The van der Waals surface area contributed by atoms with Gasteiger partial charge in [0, 0.05) is 11.1 Å². The van der Waals surface area contributed by atoms with Crippen LogP contribution in [0.1, 0.15) is 35.9 Å². The molecule has 88 valence electrons. The van der Waals surface area contributed by atoms with Gasteiger partial charge in [-0.2, -0.15) is 0 Å². The average molecular weight is 230 g/mol. The zero-order valence-corrected chi connectivity index (χ0v) is 9.77. The molecule has 17 heavy (non-hydrogen) atoms. The Morgan fingerprint density at radius 2 is 1.94 bits per heavy atom. The molecule has 2 rings (SSSR count). The Morgan fingerprint density at radius 1 is 1.29 bits per heavy atom. The number of benzene rings is 1. The van der Waals surface area contributed by atoms with Crippen molar-refractivity contribution in [1.29, 1.82) is 0 Å². The number of hydrogen-bond donors (Lipinski definition) is 2. The molecule has 3 nitrogen and oxygen atoms in total. The molecule has 0 heterocycles. The maximum absolute atomic E-state index is 11.9. The quantitative estimate of drug-likeness (QED) is 0.779. The first-order chi connectivity index (χ1) is 8.02. The van der Waals surface area contributed by atoms with Crippen molar-refractivity contribution in [2.45, 2.75) is 20.0 Å². The first-order valence-electron chi connectivity index (χ1n) is 5.42. The second-order valence-electron chi connectivity index (χ2n) is 4.34. The molecule has 0 saturated heterocycles. The zero-order chi connectivity index (χ0) is 12.6. The van der Waals surface area contributed by atoms with E-state index in [0.717, 1.165) is 5.57 Å². The standard InChI is InChI=1S/C14H14O3/c1-8(2)7-11-12(15)9-5-3-4-6-10(9)13(16)14(11)17/h3-7,12,15,17H,1-2H3. The molecule has 0 amide bonds. The van der Waals surface area contributed by atoms with Crippen molar-refractivity contribution in [3.63, 3.8) is 0 Å². The zero-order valence-electron chi connectivity index (χ0n) is 9.77. The predicted molar refractivity (Wildman–Crippen MR) is 64.8 cm³/mol. The Balaban J connectivity index is 2.62. The largest absolute Gasteiger partial charge is 0.504 e. The molecular formula is C14H14O3. The van der Waals surface area contributed by atoms with Crippen LogP contribution in [-0.2, 0) is 0 Å². The number of carbonyl (C=O) groups excluding carboxylic acids is 1. The molecule has 0 saturated carbocycles. The number of aliphatic hydroxyl groups is 2. The first-order valence-corrected chi connectivity index (χ1v) is 5.42. The Bertz CT molecular complexity index is 534. The van der Waals surface area contributed by atoms with Gasteiger partial charge in [0.25, 0.3) is 0 Å². The Kier molecular flexibility index (Phi) is 2.86. The molecule has 1 aromatic carbocycles. The van der Waals surface area contributed by atoms with Crippen LogP contribution in [0.3, 0.4) is 0 Å².